The summed E-state index contributed by atoms with van der Waals surface area (Å²) < 4.78 is 5.34. The third-order valence-corrected chi connectivity index (χ3v) is 3.55. The van der Waals surface area contributed by atoms with Gasteiger partial charge in [0, 0.05) is 23.5 Å². The molecular formula is C12H12BrNO4. The van der Waals surface area contributed by atoms with Gasteiger partial charge < -0.3 is 14.7 Å². The van der Waals surface area contributed by atoms with Gasteiger partial charge in [0.05, 0.1) is 18.7 Å². The highest BCUT2D eigenvalue weighted by Gasteiger charge is 2.36. The average molecular weight is 314 g/mol. The van der Waals surface area contributed by atoms with Crippen molar-refractivity contribution >= 4 is 33.5 Å². The van der Waals surface area contributed by atoms with Gasteiger partial charge in [0.15, 0.2) is 0 Å². The zero-order chi connectivity index (χ0) is 13.3. The lowest BCUT2D eigenvalue weighted by Crippen LogP contribution is -2.26. The number of methoxy groups -OCH3 is 1. The number of halogens is 1. The number of ether oxygens (including phenoxy) is 1. The number of phenolic OH excluding ortho intramolecular Hbond substituents is 1. The SMILES string of the molecule is COC(=O)C1CC(=O)N(c2cc(O)ccc2Br)C1. The lowest BCUT2D eigenvalue weighted by molar-refractivity contribution is -0.145. The van der Waals surface area contributed by atoms with Gasteiger partial charge in [0.2, 0.25) is 5.91 Å². The minimum absolute atomic E-state index is 0.0718. The number of anilines is 1. The lowest BCUT2D eigenvalue weighted by atomic mass is 10.1. The number of nitrogens with zero attached hydrogens (tertiary/aromatic N) is 1. The monoisotopic (exact) mass is 313 g/mol. The van der Waals surface area contributed by atoms with Gasteiger partial charge >= 0.3 is 5.97 Å². The molecule has 1 aliphatic heterocycles. The van der Waals surface area contributed by atoms with Crippen molar-refractivity contribution in [2.24, 2.45) is 5.92 Å². The summed E-state index contributed by atoms with van der Waals surface area (Å²) in [6, 6.07) is 4.66. The van der Waals surface area contributed by atoms with E-state index in [1.165, 1.54) is 24.1 Å². The number of rotatable bonds is 2. The minimum atomic E-state index is -0.447. The van der Waals surface area contributed by atoms with E-state index in [2.05, 4.69) is 20.7 Å². The molecule has 1 atom stereocenters. The Hall–Kier alpha value is -1.56. The number of hydrogen-bond donors (Lipinski definition) is 1. The molecule has 1 amide bonds. The van der Waals surface area contributed by atoms with Crippen LogP contribution in [-0.2, 0) is 14.3 Å². The molecule has 6 heteroatoms. The van der Waals surface area contributed by atoms with Crippen LogP contribution < -0.4 is 4.90 Å². The van der Waals surface area contributed by atoms with Crippen molar-refractivity contribution in [3.8, 4) is 5.75 Å². The van der Waals surface area contributed by atoms with Crippen LogP contribution >= 0.6 is 15.9 Å². The first-order valence-electron chi connectivity index (χ1n) is 5.39. The fourth-order valence-electron chi connectivity index (χ4n) is 1.97. The number of carbonyl (C=O) groups excluding carboxylic acids is 2. The zero-order valence-electron chi connectivity index (χ0n) is 9.72. The summed E-state index contributed by atoms with van der Waals surface area (Å²) in [6.07, 6.45) is 0.134. The first kappa shape index (κ1) is 12.9. The first-order valence-corrected chi connectivity index (χ1v) is 6.19. The van der Waals surface area contributed by atoms with Crippen LogP contribution in [0.15, 0.2) is 22.7 Å². The maximum atomic E-state index is 11.9. The Morgan fingerprint density at radius 2 is 2.28 bits per heavy atom. The third-order valence-electron chi connectivity index (χ3n) is 2.88. The standard InChI is InChI=1S/C12H12BrNO4/c1-18-12(17)7-4-11(16)14(6-7)10-5-8(15)2-3-9(10)13/h2-3,5,7,15H,4,6H2,1H3. The maximum Gasteiger partial charge on any atom is 0.311 e. The molecule has 0 saturated carbocycles. The number of esters is 1. The van der Waals surface area contributed by atoms with E-state index in [1.807, 2.05) is 0 Å². The Bertz CT molecular complexity index is 503. The van der Waals surface area contributed by atoms with Gasteiger partial charge in [-0.3, -0.25) is 9.59 Å². The molecule has 0 aromatic heterocycles. The summed E-state index contributed by atoms with van der Waals surface area (Å²) in [7, 11) is 1.31. The van der Waals surface area contributed by atoms with Crippen LogP contribution in [0.5, 0.6) is 5.75 Å². The van der Waals surface area contributed by atoms with Crippen molar-refractivity contribution in [2.75, 3.05) is 18.6 Å². The molecule has 18 heavy (non-hydrogen) atoms. The molecule has 1 unspecified atom stereocenters. The van der Waals surface area contributed by atoms with Crippen molar-refractivity contribution in [3.63, 3.8) is 0 Å². The first-order chi connectivity index (χ1) is 8.52. The molecule has 1 saturated heterocycles. The van der Waals surface area contributed by atoms with Gasteiger partial charge in [-0.05, 0) is 28.1 Å². The van der Waals surface area contributed by atoms with Crippen molar-refractivity contribution < 1.29 is 19.4 Å². The number of phenols is 1. The molecule has 1 aromatic carbocycles. The van der Waals surface area contributed by atoms with Crippen molar-refractivity contribution in [1.29, 1.82) is 0 Å². The Morgan fingerprint density at radius 1 is 1.56 bits per heavy atom. The number of carbonyl (C=O) groups is 2. The highest BCUT2D eigenvalue weighted by atomic mass is 79.9. The largest absolute Gasteiger partial charge is 0.508 e. The van der Waals surface area contributed by atoms with E-state index in [-0.39, 0.29) is 30.6 Å². The Kier molecular flexibility index (Phi) is 3.56. The van der Waals surface area contributed by atoms with Gasteiger partial charge in [-0.2, -0.15) is 0 Å². The molecule has 1 aliphatic rings. The summed E-state index contributed by atoms with van der Waals surface area (Å²) in [6.45, 7) is 0.271. The fraction of sp³-hybridized carbons (Fsp3) is 0.333. The quantitative estimate of drug-likeness (QED) is 0.844. The number of benzene rings is 1. The molecular weight excluding hydrogens is 302 g/mol. The predicted molar refractivity (Wildman–Crippen MR) is 68.3 cm³/mol. The van der Waals surface area contributed by atoms with E-state index in [4.69, 9.17) is 0 Å². The second-order valence-corrected chi connectivity index (χ2v) is 4.92. The number of hydrogen-bond acceptors (Lipinski definition) is 4. The van der Waals surface area contributed by atoms with Gasteiger partial charge in [0.25, 0.3) is 0 Å². The summed E-state index contributed by atoms with van der Waals surface area (Å²) in [5, 5.41) is 9.45. The molecule has 0 radical (unpaired) electrons. The number of amides is 1. The summed E-state index contributed by atoms with van der Waals surface area (Å²) in [4.78, 5) is 24.8. The summed E-state index contributed by atoms with van der Waals surface area (Å²) in [5.74, 6) is -0.918. The normalized spacial score (nSPS) is 19.1. The summed E-state index contributed by atoms with van der Waals surface area (Å²) >= 11 is 3.32. The van der Waals surface area contributed by atoms with Gasteiger partial charge in [-0.25, -0.2) is 0 Å². The molecule has 1 N–H and O–H groups in total. The van der Waals surface area contributed by atoms with Crippen LogP contribution in [-0.4, -0.2) is 30.6 Å². The minimum Gasteiger partial charge on any atom is -0.508 e. The van der Waals surface area contributed by atoms with E-state index >= 15 is 0 Å². The maximum absolute atomic E-state index is 11.9. The molecule has 2 rings (SSSR count). The second kappa shape index (κ2) is 4.97. The molecule has 1 heterocycles. The predicted octanol–water partition coefficient (Wildman–Crippen LogP) is 1.68. The Morgan fingerprint density at radius 3 is 2.94 bits per heavy atom. The van der Waals surface area contributed by atoms with Crippen LogP contribution in [0, 0.1) is 5.92 Å². The van der Waals surface area contributed by atoms with E-state index in [0.29, 0.717) is 10.2 Å². The molecule has 5 nitrogen and oxygen atoms in total. The van der Waals surface area contributed by atoms with Crippen LogP contribution in [0.2, 0.25) is 0 Å². The number of aromatic hydroxyl groups is 1. The molecule has 0 aliphatic carbocycles. The van der Waals surface area contributed by atoms with E-state index < -0.39 is 5.92 Å². The highest BCUT2D eigenvalue weighted by molar-refractivity contribution is 9.10. The molecule has 1 aromatic rings. The highest BCUT2D eigenvalue weighted by Crippen LogP contribution is 2.34. The molecule has 0 spiro atoms. The zero-order valence-corrected chi connectivity index (χ0v) is 11.3. The van der Waals surface area contributed by atoms with E-state index in [0.717, 1.165) is 0 Å². The van der Waals surface area contributed by atoms with E-state index in [9.17, 15) is 14.7 Å². The van der Waals surface area contributed by atoms with Crippen LogP contribution in [0.3, 0.4) is 0 Å². The summed E-state index contributed by atoms with van der Waals surface area (Å²) in [5.41, 5.74) is 0.561. The van der Waals surface area contributed by atoms with Crippen molar-refractivity contribution in [2.45, 2.75) is 6.42 Å². The van der Waals surface area contributed by atoms with Crippen LogP contribution in [0.1, 0.15) is 6.42 Å². The topological polar surface area (TPSA) is 66.8 Å². The van der Waals surface area contributed by atoms with Crippen molar-refractivity contribution in [1.82, 2.24) is 0 Å². The van der Waals surface area contributed by atoms with Crippen LogP contribution in [0.4, 0.5) is 5.69 Å². The average Bonchev–Trinajstić information content (AvgIpc) is 2.73. The van der Waals surface area contributed by atoms with E-state index in [1.54, 1.807) is 6.07 Å². The van der Waals surface area contributed by atoms with Crippen LogP contribution in [0.25, 0.3) is 0 Å². The molecule has 0 bridgehead atoms. The fourth-order valence-corrected chi connectivity index (χ4v) is 2.43. The van der Waals surface area contributed by atoms with Gasteiger partial charge in [-0.1, -0.05) is 0 Å². The third kappa shape index (κ3) is 2.33. The van der Waals surface area contributed by atoms with Gasteiger partial charge in [0.1, 0.15) is 5.75 Å². The Balaban J connectivity index is 2.27. The molecule has 96 valence electrons. The van der Waals surface area contributed by atoms with Gasteiger partial charge in [-0.15, -0.1) is 0 Å². The van der Waals surface area contributed by atoms with Crippen molar-refractivity contribution in [3.05, 3.63) is 22.7 Å². The Labute approximate surface area is 112 Å². The smallest absolute Gasteiger partial charge is 0.311 e. The lowest BCUT2D eigenvalue weighted by Gasteiger charge is -2.18. The molecule has 1 fully saturated rings. The second-order valence-electron chi connectivity index (χ2n) is 4.06.